The average molecular weight is 317 g/mol. The Labute approximate surface area is 115 Å². The Morgan fingerprint density at radius 1 is 1.56 bits per heavy atom. The van der Waals surface area contributed by atoms with Crippen molar-refractivity contribution in [1.29, 1.82) is 0 Å². The number of hydrogen-bond acceptors (Lipinski definition) is 5. The van der Waals surface area contributed by atoms with E-state index in [-0.39, 0.29) is 5.97 Å². The molecule has 0 aromatic carbocycles. The minimum Gasteiger partial charge on any atom is -0.465 e. The number of hydrogen-bond donors (Lipinski definition) is 1. The zero-order valence-electron chi connectivity index (χ0n) is 10.5. The van der Waals surface area contributed by atoms with Gasteiger partial charge in [-0.1, -0.05) is 0 Å². The van der Waals surface area contributed by atoms with Crippen LogP contribution >= 0.6 is 15.9 Å². The van der Waals surface area contributed by atoms with Crippen LogP contribution in [0, 0.1) is 0 Å². The van der Waals surface area contributed by atoms with E-state index in [0.29, 0.717) is 25.5 Å². The number of nitrogens with zero attached hydrogens (tertiary/aromatic N) is 1. The van der Waals surface area contributed by atoms with E-state index in [2.05, 4.69) is 26.2 Å². The lowest BCUT2D eigenvalue weighted by Gasteiger charge is -2.16. The summed E-state index contributed by atoms with van der Waals surface area (Å²) in [7, 11) is 1.61. The second kappa shape index (κ2) is 8.18. The van der Waals surface area contributed by atoms with Crippen molar-refractivity contribution in [3.05, 3.63) is 28.5 Å². The monoisotopic (exact) mass is 316 g/mol. The van der Waals surface area contributed by atoms with Gasteiger partial charge in [-0.3, -0.25) is 10.3 Å². The van der Waals surface area contributed by atoms with Crippen molar-refractivity contribution in [2.75, 3.05) is 26.9 Å². The third-order valence-corrected chi connectivity index (χ3v) is 2.69. The lowest BCUT2D eigenvalue weighted by atomic mass is 10.2. The molecule has 6 heteroatoms. The van der Waals surface area contributed by atoms with Crippen LogP contribution in [0.5, 0.6) is 0 Å². The summed E-state index contributed by atoms with van der Waals surface area (Å²) in [6.45, 7) is 3.20. The number of carbonyl (C=O) groups is 1. The van der Waals surface area contributed by atoms with E-state index in [4.69, 9.17) is 9.47 Å². The molecule has 0 amide bonds. The number of ether oxygens (including phenoxy) is 2. The molecule has 0 aliphatic carbocycles. The van der Waals surface area contributed by atoms with Gasteiger partial charge in [0.2, 0.25) is 0 Å². The van der Waals surface area contributed by atoms with E-state index in [1.165, 1.54) is 0 Å². The van der Waals surface area contributed by atoms with Crippen LogP contribution in [0.2, 0.25) is 0 Å². The van der Waals surface area contributed by atoms with Crippen LogP contribution in [-0.2, 0) is 14.3 Å². The van der Waals surface area contributed by atoms with Gasteiger partial charge in [0.25, 0.3) is 0 Å². The first-order valence-electron chi connectivity index (χ1n) is 5.69. The summed E-state index contributed by atoms with van der Waals surface area (Å²) in [4.78, 5) is 16.1. The van der Waals surface area contributed by atoms with Crippen LogP contribution in [0.4, 0.5) is 0 Å². The quantitative estimate of drug-likeness (QED) is 0.612. The molecule has 18 heavy (non-hydrogen) atoms. The smallest absolute Gasteiger partial charge is 0.329 e. The minimum absolute atomic E-state index is 0.330. The van der Waals surface area contributed by atoms with Gasteiger partial charge in [-0.25, -0.2) is 4.79 Å². The third kappa shape index (κ3) is 4.72. The van der Waals surface area contributed by atoms with E-state index >= 15 is 0 Å². The molecule has 0 aliphatic rings. The highest BCUT2D eigenvalue weighted by molar-refractivity contribution is 9.10. The first-order chi connectivity index (χ1) is 8.69. The fourth-order valence-electron chi connectivity index (χ4n) is 1.40. The first kappa shape index (κ1) is 15.1. The summed E-state index contributed by atoms with van der Waals surface area (Å²) in [5.74, 6) is -0.330. The van der Waals surface area contributed by atoms with E-state index in [1.807, 2.05) is 6.07 Å². The standard InChI is InChI=1S/C12H17BrN2O3/c1-3-18-12(16)11(14-6-7-17-2)10-5-4-9(13)8-15-10/h4-5,8,11,14H,3,6-7H2,1-2H3. The van der Waals surface area contributed by atoms with Crippen molar-refractivity contribution in [3.63, 3.8) is 0 Å². The third-order valence-electron chi connectivity index (χ3n) is 2.22. The maximum Gasteiger partial charge on any atom is 0.329 e. The Morgan fingerprint density at radius 3 is 2.89 bits per heavy atom. The van der Waals surface area contributed by atoms with Gasteiger partial charge in [-0.05, 0) is 35.0 Å². The topological polar surface area (TPSA) is 60.5 Å². The Balaban J connectivity index is 2.75. The van der Waals surface area contributed by atoms with Crippen LogP contribution in [0.1, 0.15) is 18.7 Å². The van der Waals surface area contributed by atoms with Crippen LogP contribution < -0.4 is 5.32 Å². The predicted octanol–water partition coefficient (Wildman–Crippen LogP) is 1.68. The molecule has 0 saturated heterocycles. The van der Waals surface area contributed by atoms with Crippen molar-refractivity contribution < 1.29 is 14.3 Å². The zero-order chi connectivity index (χ0) is 13.4. The summed E-state index contributed by atoms with van der Waals surface area (Å²) in [6.07, 6.45) is 1.65. The highest BCUT2D eigenvalue weighted by atomic mass is 79.9. The Morgan fingerprint density at radius 2 is 2.33 bits per heavy atom. The lowest BCUT2D eigenvalue weighted by molar-refractivity contribution is -0.146. The van der Waals surface area contributed by atoms with Gasteiger partial charge in [-0.15, -0.1) is 0 Å². The molecule has 0 saturated carbocycles. The van der Waals surface area contributed by atoms with Gasteiger partial charge in [0, 0.05) is 24.3 Å². The van der Waals surface area contributed by atoms with E-state index in [9.17, 15) is 4.79 Å². The second-order valence-corrected chi connectivity index (χ2v) is 4.45. The van der Waals surface area contributed by atoms with Crippen LogP contribution in [0.25, 0.3) is 0 Å². The minimum atomic E-state index is -0.562. The first-order valence-corrected chi connectivity index (χ1v) is 6.48. The molecule has 0 spiro atoms. The Hall–Kier alpha value is -0.980. The second-order valence-electron chi connectivity index (χ2n) is 3.53. The summed E-state index contributed by atoms with van der Waals surface area (Å²) >= 11 is 3.31. The molecule has 1 unspecified atom stereocenters. The largest absolute Gasteiger partial charge is 0.465 e. The van der Waals surface area contributed by atoms with Crippen LogP contribution in [0.3, 0.4) is 0 Å². The molecule has 0 bridgehead atoms. The molecule has 1 N–H and O–H groups in total. The van der Waals surface area contributed by atoms with Gasteiger partial charge in [0.1, 0.15) is 6.04 Å². The number of esters is 1. The number of methoxy groups -OCH3 is 1. The van der Waals surface area contributed by atoms with E-state index in [1.54, 1.807) is 26.3 Å². The molecule has 1 aromatic heterocycles. The Kier molecular flexibility index (Phi) is 6.85. The highest BCUT2D eigenvalue weighted by Crippen LogP contribution is 2.15. The van der Waals surface area contributed by atoms with Crippen molar-refractivity contribution in [2.45, 2.75) is 13.0 Å². The molecular weight excluding hydrogens is 300 g/mol. The highest BCUT2D eigenvalue weighted by Gasteiger charge is 2.22. The lowest BCUT2D eigenvalue weighted by Crippen LogP contribution is -2.33. The number of carbonyl (C=O) groups excluding carboxylic acids is 1. The van der Waals surface area contributed by atoms with Gasteiger partial charge in [0.05, 0.1) is 18.9 Å². The van der Waals surface area contributed by atoms with Crippen LogP contribution in [0.15, 0.2) is 22.8 Å². The fourth-order valence-corrected chi connectivity index (χ4v) is 1.63. The number of nitrogens with one attached hydrogen (secondary N) is 1. The zero-order valence-corrected chi connectivity index (χ0v) is 12.1. The summed E-state index contributed by atoms with van der Waals surface area (Å²) in [5, 5.41) is 3.06. The number of halogens is 1. The van der Waals surface area contributed by atoms with Crippen molar-refractivity contribution in [1.82, 2.24) is 10.3 Å². The molecule has 5 nitrogen and oxygen atoms in total. The number of aromatic nitrogens is 1. The summed E-state index contributed by atoms with van der Waals surface area (Å²) < 4.78 is 10.8. The average Bonchev–Trinajstić information content (AvgIpc) is 2.36. The number of pyridine rings is 1. The maximum absolute atomic E-state index is 11.8. The fraction of sp³-hybridized carbons (Fsp3) is 0.500. The molecule has 1 atom stereocenters. The number of rotatable bonds is 7. The molecular formula is C12H17BrN2O3. The van der Waals surface area contributed by atoms with Crippen molar-refractivity contribution in [3.8, 4) is 0 Å². The van der Waals surface area contributed by atoms with Gasteiger partial charge in [0.15, 0.2) is 0 Å². The molecule has 1 aromatic rings. The molecule has 0 radical (unpaired) electrons. The SMILES string of the molecule is CCOC(=O)C(NCCOC)c1ccc(Br)cn1. The molecule has 0 aliphatic heterocycles. The predicted molar refractivity (Wildman–Crippen MR) is 71.2 cm³/mol. The van der Waals surface area contributed by atoms with Gasteiger partial charge >= 0.3 is 5.97 Å². The normalized spacial score (nSPS) is 12.2. The van der Waals surface area contributed by atoms with Gasteiger partial charge in [-0.2, -0.15) is 0 Å². The van der Waals surface area contributed by atoms with Crippen molar-refractivity contribution in [2.24, 2.45) is 0 Å². The van der Waals surface area contributed by atoms with Crippen LogP contribution in [-0.4, -0.2) is 37.8 Å². The molecule has 1 heterocycles. The molecule has 100 valence electrons. The maximum atomic E-state index is 11.8. The molecule has 1 rings (SSSR count). The molecule has 0 fully saturated rings. The Bertz CT molecular complexity index is 370. The van der Waals surface area contributed by atoms with Gasteiger partial charge < -0.3 is 9.47 Å². The van der Waals surface area contributed by atoms with Crippen molar-refractivity contribution >= 4 is 21.9 Å². The summed E-state index contributed by atoms with van der Waals surface area (Å²) in [6, 6.07) is 3.06. The van der Waals surface area contributed by atoms with E-state index < -0.39 is 6.04 Å². The van der Waals surface area contributed by atoms with E-state index in [0.717, 1.165) is 4.47 Å². The summed E-state index contributed by atoms with van der Waals surface area (Å²) in [5.41, 5.74) is 0.632.